The maximum absolute atomic E-state index is 15.2. The van der Waals surface area contributed by atoms with E-state index in [2.05, 4.69) is 56.0 Å². The first-order valence-electron chi connectivity index (χ1n) is 13.5. The second kappa shape index (κ2) is 12.2. The first kappa shape index (κ1) is 24.5. The van der Waals surface area contributed by atoms with Crippen LogP contribution < -0.4 is 0 Å². The third-order valence-corrected chi connectivity index (χ3v) is 7.77. The summed E-state index contributed by atoms with van der Waals surface area (Å²) in [7, 11) is 0. The van der Waals surface area contributed by atoms with Crippen molar-refractivity contribution in [1.29, 1.82) is 0 Å². The topological polar surface area (TPSA) is 0 Å². The van der Waals surface area contributed by atoms with E-state index in [9.17, 15) is 0 Å². The molecule has 178 valence electrons. The summed E-state index contributed by atoms with van der Waals surface area (Å²) in [5.41, 5.74) is 4.20. The van der Waals surface area contributed by atoms with Crippen molar-refractivity contribution in [2.45, 2.75) is 84.5 Å². The Hall–Kier alpha value is -2.59. The lowest BCUT2D eigenvalue weighted by Crippen LogP contribution is -2.14. The zero-order valence-electron chi connectivity index (χ0n) is 21.0. The Kier molecular flexibility index (Phi) is 8.81. The van der Waals surface area contributed by atoms with Gasteiger partial charge in [-0.1, -0.05) is 101 Å². The van der Waals surface area contributed by atoms with Crippen molar-refractivity contribution in [2.24, 2.45) is 11.8 Å². The lowest BCUT2D eigenvalue weighted by molar-refractivity contribution is 0.258. The standard InChI is InChI=1S/C33H39F/c1-3-5-6-7-26-12-14-27(15-13-26)16-17-29-19-23-32-31(24-29)22-21-30(33(32)34)20-18-28-10-8-25(4-2)9-11-28/h12-15,19,21-25,28H,3-11,18,20H2,1-2H3. The van der Waals surface area contributed by atoms with Crippen molar-refractivity contribution in [3.05, 3.63) is 82.7 Å². The fraction of sp³-hybridized carbons (Fsp3) is 0.455. The summed E-state index contributed by atoms with van der Waals surface area (Å²) in [6.07, 6.45) is 13.5. The van der Waals surface area contributed by atoms with Crippen molar-refractivity contribution in [3.8, 4) is 11.8 Å². The van der Waals surface area contributed by atoms with E-state index in [1.54, 1.807) is 0 Å². The van der Waals surface area contributed by atoms with Gasteiger partial charge in [-0.3, -0.25) is 0 Å². The Morgan fingerprint density at radius 3 is 2.21 bits per heavy atom. The van der Waals surface area contributed by atoms with E-state index < -0.39 is 0 Å². The molecule has 0 heterocycles. The minimum absolute atomic E-state index is 0.0436. The van der Waals surface area contributed by atoms with Gasteiger partial charge < -0.3 is 0 Å². The molecule has 1 aliphatic rings. The molecule has 1 aliphatic carbocycles. The Balaban J connectivity index is 1.39. The molecule has 3 aromatic rings. The van der Waals surface area contributed by atoms with Crippen LogP contribution in [0.15, 0.2) is 54.6 Å². The summed E-state index contributed by atoms with van der Waals surface area (Å²) in [5.74, 6) is 8.17. The van der Waals surface area contributed by atoms with Crippen molar-refractivity contribution in [1.82, 2.24) is 0 Å². The molecule has 0 aliphatic heterocycles. The second-order valence-corrected chi connectivity index (χ2v) is 10.2. The van der Waals surface area contributed by atoms with E-state index in [1.165, 1.54) is 56.9 Å². The maximum atomic E-state index is 15.2. The van der Waals surface area contributed by atoms with Gasteiger partial charge in [0, 0.05) is 16.5 Å². The van der Waals surface area contributed by atoms with Gasteiger partial charge in [0.2, 0.25) is 0 Å². The molecule has 1 heteroatoms. The molecule has 0 N–H and O–H groups in total. The molecule has 0 radical (unpaired) electrons. The van der Waals surface area contributed by atoms with Crippen LogP contribution in [0.25, 0.3) is 10.8 Å². The molecule has 0 amide bonds. The van der Waals surface area contributed by atoms with Crippen LogP contribution >= 0.6 is 0 Å². The van der Waals surface area contributed by atoms with E-state index in [0.717, 1.165) is 53.2 Å². The third kappa shape index (κ3) is 6.50. The van der Waals surface area contributed by atoms with E-state index in [1.807, 2.05) is 24.3 Å². The van der Waals surface area contributed by atoms with Gasteiger partial charge in [-0.2, -0.15) is 0 Å². The summed E-state index contributed by atoms with van der Waals surface area (Å²) >= 11 is 0. The Morgan fingerprint density at radius 2 is 1.47 bits per heavy atom. The predicted octanol–water partition coefficient (Wildman–Crippen LogP) is 9.26. The number of unbranched alkanes of at least 4 members (excludes halogenated alkanes) is 2. The molecular weight excluding hydrogens is 415 g/mol. The van der Waals surface area contributed by atoms with Crippen LogP contribution in [0.4, 0.5) is 4.39 Å². The predicted molar refractivity (Wildman–Crippen MR) is 144 cm³/mol. The molecule has 1 fully saturated rings. The molecule has 0 bridgehead atoms. The second-order valence-electron chi connectivity index (χ2n) is 10.2. The van der Waals surface area contributed by atoms with E-state index >= 15 is 4.39 Å². The Bertz CT molecular complexity index is 1120. The van der Waals surface area contributed by atoms with Gasteiger partial charge in [-0.05, 0) is 78.3 Å². The average Bonchev–Trinajstić information content (AvgIpc) is 2.88. The van der Waals surface area contributed by atoms with Crippen LogP contribution in [-0.2, 0) is 12.8 Å². The number of hydrogen-bond donors (Lipinski definition) is 0. The van der Waals surface area contributed by atoms with Crippen molar-refractivity contribution in [3.63, 3.8) is 0 Å². The van der Waals surface area contributed by atoms with Crippen LogP contribution in [0.3, 0.4) is 0 Å². The summed E-state index contributed by atoms with van der Waals surface area (Å²) in [6.45, 7) is 4.54. The van der Waals surface area contributed by atoms with Gasteiger partial charge in [-0.25, -0.2) is 4.39 Å². The van der Waals surface area contributed by atoms with Crippen LogP contribution in [0, 0.1) is 29.5 Å². The number of rotatable bonds is 8. The van der Waals surface area contributed by atoms with Crippen LogP contribution in [-0.4, -0.2) is 0 Å². The average molecular weight is 455 g/mol. The van der Waals surface area contributed by atoms with Crippen LogP contribution in [0.2, 0.25) is 0 Å². The normalized spacial score (nSPS) is 18.0. The molecule has 0 spiro atoms. The van der Waals surface area contributed by atoms with Crippen molar-refractivity contribution < 1.29 is 4.39 Å². The molecule has 0 nitrogen and oxygen atoms in total. The van der Waals surface area contributed by atoms with Gasteiger partial charge >= 0.3 is 0 Å². The van der Waals surface area contributed by atoms with Gasteiger partial charge in [0.15, 0.2) is 0 Å². The number of aryl methyl sites for hydroxylation is 2. The molecule has 0 saturated heterocycles. The smallest absolute Gasteiger partial charge is 0.134 e. The highest BCUT2D eigenvalue weighted by Crippen LogP contribution is 2.33. The number of hydrogen-bond acceptors (Lipinski definition) is 0. The summed E-state index contributed by atoms with van der Waals surface area (Å²) in [5, 5.41) is 1.65. The largest absolute Gasteiger partial charge is 0.206 e. The number of fused-ring (bicyclic) bond motifs is 1. The van der Waals surface area contributed by atoms with Crippen LogP contribution in [0.1, 0.15) is 93.9 Å². The SMILES string of the molecule is CCCCCc1ccc(C#Cc2ccc3c(F)c(CCC4CCC(CC)CC4)ccc3c2)cc1. The zero-order chi connectivity index (χ0) is 23.8. The molecule has 0 unspecified atom stereocenters. The zero-order valence-corrected chi connectivity index (χ0v) is 21.0. The minimum atomic E-state index is -0.0436. The van der Waals surface area contributed by atoms with Gasteiger partial charge in [0.25, 0.3) is 0 Å². The maximum Gasteiger partial charge on any atom is 0.134 e. The molecule has 34 heavy (non-hydrogen) atoms. The number of benzene rings is 3. The highest BCUT2D eigenvalue weighted by Gasteiger charge is 2.20. The van der Waals surface area contributed by atoms with Crippen molar-refractivity contribution >= 4 is 10.8 Å². The minimum Gasteiger partial charge on any atom is -0.206 e. The summed E-state index contributed by atoms with van der Waals surface area (Å²) in [6, 6.07) is 18.5. The summed E-state index contributed by atoms with van der Waals surface area (Å²) in [4.78, 5) is 0. The molecule has 0 aromatic heterocycles. The van der Waals surface area contributed by atoms with Gasteiger partial charge in [0.05, 0.1) is 0 Å². The number of halogens is 1. The third-order valence-electron chi connectivity index (χ3n) is 7.77. The molecule has 3 aromatic carbocycles. The van der Waals surface area contributed by atoms with Crippen LogP contribution in [0.5, 0.6) is 0 Å². The van der Waals surface area contributed by atoms with Crippen molar-refractivity contribution in [2.75, 3.05) is 0 Å². The van der Waals surface area contributed by atoms with E-state index in [-0.39, 0.29) is 5.82 Å². The Morgan fingerprint density at radius 1 is 0.765 bits per heavy atom. The van der Waals surface area contributed by atoms with Gasteiger partial charge in [-0.15, -0.1) is 0 Å². The summed E-state index contributed by atoms with van der Waals surface area (Å²) < 4.78 is 15.2. The first-order chi connectivity index (χ1) is 16.7. The molecule has 4 rings (SSSR count). The fourth-order valence-corrected chi connectivity index (χ4v) is 5.37. The molecule has 0 atom stereocenters. The highest BCUT2D eigenvalue weighted by molar-refractivity contribution is 5.85. The molecular formula is C33H39F. The highest BCUT2D eigenvalue weighted by atomic mass is 19.1. The fourth-order valence-electron chi connectivity index (χ4n) is 5.37. The van der Waals surface area contributed by atoms with E-state index in [0.29, 0.717) is 5.39 Å². The monoisotopic (exact) mass is 454 g/mol. The van der Waals surface area contributed by atoms with Gasteiger partial charge in [0.1, 0.15) is 5.82 Å². The quantitative estimate of drug-likeness (QED) is 0.235. The van der Waals surface area contributed by atoms with E-state index in [4.69, 9.17) is 0 Å². The Labute approximate surface area is 206 Å². The first-order valence-corrected chi connectivity index (χ1v) is 13.5. The molecule has 1 saturated carbocycles. The lowest BCUT2D eigenvalue weighted by atomic mass is 9.78. The lowest BCUT2D eigenvalue weighted by Gasteiger charge is -2.27.